The van der Waals surface area contributed by atoms with Crippen LogP contribution in [0.15, 0.2) is 29.2 Å². The fraction of sp³-hybridized carbons (Fsp3) is 0.500. The van der Waals surface area contributed by atoms with Crippen LogP contribution in [0.5, 0.6) is 0 Å². The normalized spacial score (nSPS) is 21.2. The Morgan fingerprint density at radius 3 is 2.48 bits per heavy atom. The monoisotopic (exact) mass is 415 g/mol. The SMILES string of the molecule is CCN(CC)c1ccc(/C=C2\SC(=O)N(CC(=O)N3CCCC[C@H]3C)C2=O)cc1. The van der Waals surface area contributed by atoms with Gasteiger partial charge >= 0.3 is 0 Å². The van der Waals surface area contributed by atoms with Gasteiger partial charge in [-0.3, -0.25) is 19.3 Å². The zero-order valence-electron chi connectivity index (χ0n) is 17.4. The second-order valence-electron chi connectivity index (χ2n) is 7.46. The van der Waals surface area contributed by atoms with Crippen LogP contribution in [0, 0.1) is 0 Å². The average Bonchev–Trinajstić information content (AvgIpc) is 2.97. The number of piperidine rings is 1. The third-order valence-corrected chi connectivity index (χ3v) is 6.52. The van der Waals surface area contributed by atoms with Crippen molar-refractivity contribution in [2.75, 3.05) is 31.1 Å². The predicted octanol–water partition coefficient (Wildman–Crippen LogP) is 3.97. The van der Waals surface area contributed by atoms with Crippen LogP contribution in [0.2, 0.25) is 0 Å². The first kappa shape index (κ1) is 21.4. The topological polar surface area (TPSA) is 60.9 Å². The molecule has 0 unspecified atom stereocenters. The molecule has 3 rings (SSSR count). The van der Waals surface area contributed by atoms with Gasteiger partial charge in [0.05, 0.1) is 4.91 Å². The van der Waals surface area contributed by atoms with Gasteiger partial charge in [-0.1, -0.05) is 12.1 Å². The largest absolute Gasteiger partial charge is 0.372 e. The Balaban J connectivity index is 1.69. The van der Waals surface area contributed by atoms with Gasteiger partial charge in [0.25, 0.3) is 11.1 Å². The summed E-state index contributed by atoms with van der Waals surface area (Å²) in [5, 5.41) is -0.376. The maximum atomic E-state index is 12.7. The number of nitrogens with zero attached hydrogens (tertiary/aromatic N) is 3. The van der Waals surface area contributed by atoms with E-state index in [0.29, 0.717) is 11.4 Å². The summed E-state index contributed by atoms with van der Waals surface area (Å²) < 4.78 is 0. The van der Waals surface area contributed by atoms with Crippen LogP contribution in [0.1, 0.15) is 45.6 Å². The molecule has 0 aliphatic carbocycles. The first-order valence-electron chi connectivity index (χ1n) is 10.3. The molecule has 0 N–H and O–H groups in total. The molecule has 6 nitrogen and oxygen atoms in total. The molecule has 0 saturated carbocycles. The van der Waals surface area contributed by atoms with Crippen molar-refractivity contribution in [1.82, 2.24) is 9.80 Å². The highest BCUT2D eigenvalue weighted by Crippen LogP contribution is 2.32. The first-order valence-corrected chi connectivity index (χ1v) is 11.2. The standard InChI is InChI=1S/C22H29N3O3S/c1-4-23(5-2)18-11-9-17(10-12-18)14-19-21(27)25(22(28)29-19)15-20(26)24-13-7-6-8-16(24)3/h9-12,14,16H,4-8,13,15H2,1-3H3/b19-14-/t16-/m1/s1. The van der Waals surface area contributed by atoms with Crippen LogP contribution in [0.3, 0.4) is 0 Å². The maximum Gasteiger partial charge on any atom is 0.294 e. The number of rotatable bonds is 6. The fourth-order valence-electron chi connectivity index (χ4n) is 3.85. The number of hydrogen-bond donors (Lipinski definition) is 0. The van der Waals surface area contributed by atoms with Crippen molar-refractivity contribution in [2.45, 2.75) is 46.1 Å². The van der Waals surface area contributed by atoms with Crippen molar-refractivity contribution < 1.29 is 14.4 Å². The second kappa shape index (κ2) is 9.48. The van der Waals surface area contributed by atoms with Crippen molar-refractivity contribution >= 4 is 40.6 Å². The van der Waals surface area contributed by atoms with Crippen LogP contribution in [0.4, 0.5) is 10.5 Å². The van der Waals surface area contributed by atoms with Crippen molar-refractivity contribution in [3.8, 4) is 0 Å². The summed E-state index contributed by atoms with van der Waals surface area (Å²) >= 11 is 0.903. The third kappa shape index (κ3) is 4.83. The smallest absolute Gasteiger partial charge is 0.294 e. The minimum absolute atomic E-state index is 0.149. The second-order valence-corrected chi connectivity index (χ2v) is 8.46. The zero-order chi connectivity index (χ0) is 21.0. The lowest BCUT2D eigenvalue weighted by Crippen LogP contribution is -2.47. The van der Waals surface area contributed by atoms with Gasteiger partial charge in [-0.05, 0) is 75.6 Å². The van der Waals surface area contributed by atoms with Gasteiger partial charge in [0, 0.05) is 31.4 Å². The zero-order valence-corrected chi connectivity index (χ0v) is 18.2. The number of imide groups is 1. The molecular formula is C22H29N3O3S. The highest BCUT2D eigenvalue weighted by molar-refractivity contribution is 8.18. The number of likely N-dealkylation sites (tertiary alicyclic amines) is 1. The number of carbonyl (C=O) groups excluding carboxylic acids is 3. The van der Waals surface area contributed by atoms with E-state index in [0.717, 1.165) is 60.3 Å². The van der Waals surface area contributed by atoms with E-state index in [1.165, 1.54) is 0 Å². The minimum Gasteiger partial charge on any atom is -0.372 e. The van der Waals surface area contributed by atoms with Crippen LogP contribution in [0.25, 0.3) is 6.08 Å². The summed E-state index contributed by atoms with van der Waals surface area (Å²) in [5.74, 6) is -0.532. The predicted molar refractivity (Wildman–Crippen MR) is 118 cm³/mol. The number of thioether (sulfide) groups is 1. The van der Waals surface area contributed by atoms with Crippen LogP contribution in [-0.2, 0) is 9.59 Å². The first-order chi connectivity index (χ1) is 13.9. The van der Waals surface area contributed by atoms with E-state index in [1.807, 2.05) is 31.2 Å². The Kier molecular flexibility index (Phi) is 7.00. The number of hydrogen-bond acceptors (Lipinski definition) is 5. The number of carbonyl (C=O) groups is 3. The van der Waals surface area contributed by atoms with Gasteiger partial charge in [0.1, 0.15) is 6.54 Å². The number of amides is 3. The highest BCUT2D eigenvalue weighted by Gasteiger charge is 2.37. The van der Waals surface area contributed by atoms with Crippen molar-refractivity contribution in [1.29, 1.82) is 0 Å². The Bertz CT molecular complexity index is 802. The summed E-state index contributed by atoms with van der Waals surface area (Å²) in [6, 6.07) is 8.09. The van der Waals surface area contributed by atoms with Crippen LogP contribution < -0.4 is 4.90 Å². The van der Waals surface area contributed by atoms with E-state index in [2.05, 4.69) is 18.7 Å². The quantitative estimate of drug-likeness (QED) is 0.658. The molecular weight excluding hydrogens is 386 g/mol. The van der Waals surface area contributed by atoms with Gasteiger partial charge < -0.3 is 9.80 Å². The molecule has 0 bridgehead atoms. The van der Waals surface area contributed by atoms with E-state index in [-0.39, 0.29) is 29.6 Å². The molecule has 2 fully saturated rings. The molecule has 0 radical (unpaired) electrons. The van der Waals surface area contributed by atoms with Crippen LogP contribution in [-0.4, -0.2) is 59.1 Å². The third-order valence-electron chi connectivity index (χ3n) is 5.61. The summed E-state index contributed by atoms with van der Waals surface area (Å²) in [6.07, 6.45) is 4.78. The molecule has 3 amide bonds. The molecule has 2 aliphatic heterocycles. The summed E-state index contributed by atoms with van der Waals surface area (Å²) in [6.45, 7) is 8.63. The van der Waals surface area contributed by atoms with Gasteiger partial charge in [-0.2, -0.15) is 0 Å². The van der Waals surface area contributed by atoms with Crippen LogP contribution >= 0.6 is 11.8 Å². The number of benzene rings is 1. The molecule has 2 saturated heterocycles. The summed E-state index contributed by atoms with van der Waals surface area (Å²) in [4.78, 5) is 43.2. The van der Waals surface area contributed by atoms with Gasteiger partial charge in [-0.25, -0.2) is 0 Å². The lowest BCUT2D eigenvalue weighted by Gasteiger charge is -2.34. The lowest BCUT2D eigenvalue weighted by atomic mass is 10.0. The molecule has 29 heavy (non-hydrogen) atoms. The van der Waals surface area contributed by atoms with E-state index in [1.54, 1.807) is 11.0 Å². The molecule has 0 aromatic heterocycles. The average molecular weight is 416 g/mol. The summed E-state index contributed by atoms with van der Waals surface area (Å²) in [5.41, 5.74) is 1.99. The Labute approximate surface area is 176 Å². The van der Waals surface area contributed by atoms with Crippen molar-refractivity contribution in [3.63, 3.8) is 0 Å². The fourth-order valence-corrected chi connectivity index (χ4v) is 4.69. The van der Waals surface area contributed by atoms with Crippen molar-refractivity contribution in [2.24, 2.45) is 0 Å². The van der Waals surface area contributed by atoms with Gasteiger partial charge in [0.2, 0.25) is 5.91 Å². The lowest BCUT2D eigenvalue weighted by molar-refractivity contribution is -0.138. The maximum absolute atomic E-state index is 12.7. The molecule has 7 heteroatoms. The highest BCUT2D eigenvalue weighted by atomic mass is 32.2. The minimum atomic E-state index is -0.383. The van der Waals surface area contributed by atoms with Gasteiger partial charge in [0.15, 0.2) is 0 Å². The molecule has 2 heterocycles. The molecule has 0 spiro atoms. The van der Waals surface area contributed by atoms with Gasteiger partial charge in [-0.15, -0.1) is 0 Å². The molecule has 1 aromatic carbocycles. The Morgan fingerprint density at radius 1 is 1.17 bits per heavy atom. The van der Waals surface area contributed by atoms with E-state index < -0.39 is 0 Å². The Hall–Kier alpha value is -2.28. The number of anilines is 1. The molecule has 2 aliphatic rings. The van der Waals surface area contributed by atoms with E-state index >= 15 is 0 Å². The Morgan fingerprint density at radius 2 is 1.86 bits per heavy atom. The summed E-state index contributed by atoms with van der Waals surface area (Å²) in [7, 11) is 0. The van der Waals surface area contributed by atoms with E-state index in [4.69, 9.17) is 0 Å². The van der Waals surface area contributed by atoms with Crippen molar-refractivity contribution in [3.05, 3.63) is 34.7 Å². The molecule has 156 valence electrons. The molecule has 1 atom stereocenters. The van der Waals surface area contributed by atoms with E-state index in [9.17, 15) is 14.4 Å². The molecule has 1 aromatic rings.